The van der Waals surface area contributed by atoms with Crippen LogP contribution in [0.1, 0.15) is 20.3 Å². The Morgan fingerprint density at radius 2 is 2.19 bits per heavy atom. The Kier molecular flexibility index (Phi) is 6.04. The first-order valence-electron chi connectivity index (χ1n) is 6.43. The van der Waals surface area contributed by atoms with E-state index in [4.69, 9.17) is 10.5 Å². The molecule has 1 rings (SSSR count). The van der Waals surface area contributed by atoms with E-state index < -0.39 is 28.4 Å². The van der Waals surface area contributed by atoms with E-state index in [1.54, 1.807) is 0 Å². The quantitative estimate of drug-likeness (QED) is 0.556. The summed E-state index contributed by atoms with van der Waals surface area (Å²) in [6.07, 6.45) is 0.252. The second-order valence-electron chi connectivity index (χ2n) is 4.78. The Labute approximate surface area is 121 Å². The van der Waals surface area contributed by atoms with Crippen LogP contribution in [0, 0.1) is 15.9 Å². The number of amides is 1. The number of nitrogens with one attached hydrogen (secondary N) is 1. The lowest BCUT2D eigenvalue weighted by Crippen LogP contribution is -2.45. The van der Waals surface area contributed by atoms with Gasteiger partial charge in [-0.1, -0.05) is 13.8 Å². The highest BCUT2D eigenvalue weighted by atomic mass is 19.1. The number of hydrogen-bond acceptors (Lipinski definition) is 5. The standard InChI is InChI=1S/C13H18FN3O4/c1-8(2)16-10(13(15)18)5-6-21-12-4-3-9(14)7-11(12)17(19)20/h3-4,7-8,10,16H,5-6H2,1-2H3,(H2,15,18). The normalized spacial score (nSPS) is 12.2. The van der Waals surface area contributed by atoms with Gasteiger partial charge < -0.3 is 15.8 Å². The van der Waals surface area contributed by atoms with Crippen molar-refractivity contribution < 1.29 is 18.8 Å². The molecule has 1 atom stereocenters. The van der Waals surface area contributed by atoms with Crippen LogP contribution in [0.4, 0.5) is 10.1 Å². The van der Waals surface area contributed by atoms with Crippen LogP contribution >= 0.6 is 0 Å². The molecule has 1 aromatic rings. The van der Waals surface area contributed by atoms with E-state index in [9.17, 15) is 19.3 Å². The predicted octanol–water partition coefficient (Wildman–Crippen LogP) is 1.35. The zero-order valence-electron chi connectivity index (χ0n) is 11.8. The number of carbonyl (C=O) groups excluding carboxylic acids is 1. The maximum absolute atomic E-state index is 13.0. The largest absolute Gasteiger partial charge is 0.487 e. The highest BCUT2D eigenvalue weighted by Gasteiger charge is 2.19. The summed E-state index contributed by atoms with van der Waals surface area (Å²) in [7, 11) is 0. The van der Waals surface area contributed by atoms with Gasteiger partial charge in [-0.25, -0.2) is 4.39 Å². The minimum Gasteiger partial charge on any atom is -0.487 e. The van der Waals surface area contributed by atoms with Gasteiger partial charge in [0, 0.05) is 12.5 Å². The maximum Gasteiger partial charge on any atom is 0.313 e. The molecule has 1 amide bonds. The Morgan fingerprint density at radius 1 is 1.52 bits per heavy atom. The van der Waals surface area contributed by atoms with Crippen molar-refractivity contribution in [2.45, 2.75) is 32.4 Å². The molecule has 0 fully saturated rings. The highest BCUT2D eigenvalue weighted by Crippen LogP contribution is 2.27. The van der Waals surface area contributed by atoms with Gasteiger partial charge in [0.05, 0.1) is 23.6 Å². The van der Waals surface area contributed by atoms with Crippen molar-refractivity contribution in [1.29, 1.82) is 0 Å². The Hall–Kier alpha value is -2.22. The van der Waals surface area contributed by atoms with Crippen LogP contribution in [0.3, 0.4) is 0 Å². The second kappa shape index (κ2) is 7.53. The first-order valence-corrected chi connectivity index (χ1v) is 6.43. The van der Waals surface area contributed by atoms with Gasteiger partial charge in [0.25, 0.3) is 0 Å². The molecule has 0 aliphatic rings. The minimum absolute atomic E-state index is 0.0415. The number of rotatable bonds is 8. The molecule has 7 nitrogen and oxygen atoms in total. The van der Waals surface area contributed by atoms with Gasteiger partial charge >= 0.3 is 5.69 Å². The van der Waals surface area contributed by atoms with Crippen molar-refractivity contribution >= 4 is 11.6 Å². The zero-order valence-corrected chi connectivity index (χ0v) is 11.8. The number of hydrogen-bond donors (Lipinski definition) is 2. The molecule has 3 N–H and O–H groups in total. The molecule has 116 valence electrons. The average molecular weight is 299 g/mol. The summed E-state index contributed by atoms with van der Waals surface area (Å²) in [5.41, 5.74) is 4.79. The Bertz CT molecular complexity index is 522. The number of nitrogens with zero attached hydrogens (tertiary/aromatic N) is 1. The number of halogens is 1. The summed E-state index contributed by atoms with van der Waals surface area (Å²) in [5, 5.41) is 13.8. The number of nitrogens with two attached hydrogens (primary N) is 1. The summed E-state index contributed by atoms with van der Waals surface area (Å²) < 4.78 is 18.2. The lowest BCUT2D eigenvalue weighted by atomic mass is 10.2. The fourth-order valence-electron chi connectivity index (χ4n) is 1.75. The first kappa shape index (κ1) is 16.8. The monoisotopic (exact) mass is 299 g/mol. The van der Waals surface area contributed by atoms with Gasteiger partial charge in [-0.15, -0.1) is 0 Å². The zero-order chi connectivity index (χ0) is 16.0. The van der Waals surface area contributed by atoms with Gasteiger partial charge in [0.2, 0.25) is 5.91 Å². The number of ether oxygens (including phenoxy) is 1. The molecule has 0 spiro atoms. The molecule has 1 unspecified atom stereocenters. The van der Waals surface area contributed by atoms with E-state index in [0.717, 1.165) is 12.1 Å². The molecule has 0 saturated heterocycles. The first-order chi connectivity index (χ1) is 9.81. The molecule has 0 saturated carbocycles. The number of benzene rings is 1. The lowest BCUT2D eigenvalue weighted by Gasteiger charge is -2.18. The Balaban J connectivity index is 2.66. The highest BCUT2D eigenvalue weighted by molar-refractivity contribution is 5.79. The predicted molar refractivity (Wildman–Crippen MR) is 74.4 cm³/mol. The summed E-state index contributed by atoms with van der Waals surface area (Å²) in [5.74, 6) is -1.29. The average Bonchev–Trinajstić information content (AvgIpc) is 2.38. The summed E-state index contributed by atoms with van der Waals surface area (Å²) in [6.45, 7) is 3.77. The third-order valence-electron chi connectivity index (χ3n) is 2.66. The fraction of sp³-hybridized carbons (Fsp3) is 0.462. The molecule has 0 heterocycles. The molecule has 21 heavy (non-hydrogen) atoms. The van der Waals surface area contributed by atoms with Crippen LogP contribution in [-0.2, 0) is 4.79 Å². The minimum atomic E-state index is -0.726. The van der Waals surface area contributed by atoms with Crippen molar-refractivity contribution in [1.82, 2.24) is 5.32 Å². The van der Waals surface area contributed by atoms with Crippen LogP contribution in [-0.4, -0.2) is 29.5 Å². The van der Waals surface area contributed by atoms with E-state index in [1.807, 2.05) is 13.8 Å². The van der Waals surface area contributed by atoms with Crippen LogP contribution in [0.15, 0.2) is 18.2 Å². The van der Waals surface area contributed by atoms with E-state index in [1.165, 1.54) is 6.07 Å². The van der Waals surface area contributed by atoms with E-state index in [-0.39, 0.29) is 24.8 Å². The molecular formula is C13H18FN3O4. The van der Waals surface area contributed by atoms with E-state index >= 15 is 0 Å². The topological polar surface area (TPSA) is 107 Å². The van der Waals surface area contributed by atoms with Crippen LogP contribution in [0.25, 0.3) is 0 Å². The molecule has 0 bridgehead atoms. The Morgan fingerprint density at radius 3 is 2.71 bits per heavy atom. The van der Waals surface area contributed by atoms with Gasteiger partial charge in [0.15, 0.2) is 5.75 Å². The molecular weight excluding hydrogens is 281 g/mol. The summed E-state index contributed by atoms with van der Waals surface area (Å²) >= 11 is 0. The maximum atomic E-state index is 13.0. The summed E-state index contributed by atoms with van der Waals surface area (Å²) in [6, 6.07) is 2.50. The number of primary amides is 1. The fourth-order valence-corrected chi connectivity index (χ4v) is 1.75. The van der Waals surface area contributed by atoms with Crippen LogP contribution in [0.2, 0.25) is 0 Å². The molecule has 0 aliphatic carbocycles. The third-order valence-corrected chi connectivity index (χ3v) is 2.66. The van der Waals surface area contributed by atoms with Crippen molar-refractivity contribution in [3.05, 3.63) is 34.1 Å². The van der Waals surface area contributed by atoms with Gasteiger partial charge in [0.1, 0.15) is 5.82 Å². The molecule has 0 radical (unpaired) electrons. The smallest absolute Gasteiger partial charge is 0.313 e. The number of nitro groups is 1. The second-order valence-corrected chi connectivity index (χ2v) is 4.78. The van der Waals surface area contributed by atoms with Gasteiger partial charge in [-0.2, -0.15) is 0 Å². The van der Waals surface area contributed by atoms with Crippen molar-refractivity contribution in [2.75, 3.05) is 6.61 Å². The van der Waals surface area contributed by atoms with E-state index in [0.29, 0.717) is 0 Å². The summed E-state index contributed by atoms with van der Waals surface area (Å²) in [4.78, 5) is 21.3. The van der Waals surface area contributed by atoms with Crippen LogP contribution < -0.4 is 15.8 Å². The van der Waals surface area contributed by atoms with E-state index in [2.05, 4.69) is 5.32 Å². The SMILES string of the molecule is CC(C)NC(CCOc1ccc(F)cc1[N+](=O)[O-])C(N)=O. The molecule has 0 aromatic heterocycles. The van der Waals surface area contributed by atoms with Crippen LogP contribution in [0.5, 0.6) is 5.75 Å². The molecule has 8 heteroatoms. The van der Waals surface area contributed by atoms with Crippen molar-refractivity contribution in [2.24, 2.45) is 5.73 Å². The van der Waals surface area contributed by atoms with Gasteiger partial charge in [-0.05, 0) is 12.1 Å². The molecule has 1 aromatic carbocycles. The van der Waals surface area contributed by atoms with Crippen molar-refractivity contribution in [3.8, 4) is 5.75 Å². The lowest BCUT2D eigenvalue weighted by molar-refractivity contribution is -0.386. The van der Waals surface area contributed by atoms with Gasteiger partial charge in [-0.3, -0.25) is 14.9 Å². The number of nitro benzene ring substituents is 1. The number of carbonyl (C=O) groups is 1. The van der Waals surface area contributed by atoms with Crippen molar-refractivity contribution in [3.63, 3.8) is 0 Å². The molecule has 0 aliphatic heterocycles. The third kappa shape index (κ3) is 5.35.